The smallest absolute Gasteiger partial charge is 0.333 e. The van der Waals surface area contributed by atoms with Gasteiger partial charge in [-0.15, -0.1) is 0 Å². The van der Waals surface area contributed by atoms with Gasteiger partial charge < -0.3 is 10.0 Å². The Kier molecular flexibility index (Phi) is 4.52. The van der Waals surface area contributed by atoms with Crippen molar-refractivity contribution < 1.29 is 10.0 Å². The molecule has 0 aliphatic heterocycles. The second-order valence-electron chi connectivity index (χ2n) is 5.16. The lowest BCUT2D eigenvalue weighted by Gasteiger charge is -2.29. The van der Waals surface area contributed by atoms with Gasteiger partial charge in [-0.3, -0.25) is 10.1 Å². The van der Waals surface area contributed by atoms with Gasteiger partial charge in [0, 0.05) is 19.6 Å². The molecule has 7 nitrogen and oxygen atoms in total. The number of nitrogens with zero attached hydrogens (tertiary/aromatic N) is 4. The molecule has 108 valence electrons. The molecule has 0 radical (unpaired) electrons. The van der Waals surface area contributed by atoms with Crippen LogP contribution >= 0.6 is 0 Å². The highest BCUT2D eigenvalue weighted by molar-refractivity contribution is 5.61. The Labute approximate surface area is 113 Å². The number of nitro groups is 1. The zero-order chi connectivity index (χ0) is 14.8. The summed E-state index contributed by atoms with van der Waals surface area (Å²) in [4.78, 5) is 12.6. The van der Waals surface area contributed by atoms with E-state index in [4.69, 9.17) is 0 Å². The van der Waals surface area contributed by atoms with Crippen LogP contribution in [0, 0.1) is 17.0 Å². The van der Waals surface area contributed by atoms with E-state index >= 15 is 0 Å². The molecule has 1 aromatic rings. The van der Waals surface area contributed by atoms with Gasteiger partial charge in [-0.05, 0) is 34.6 Å². The van der Waals surface area contributed by atoms with Gasteiger partial charge in [0.25, 0.3) is 0 Å². The first-order valence-corrected chi connectivity index (χ1v) is 6.40. The van der Waals surface area contributed by atoms with Crippen LogP contribution in [-0.4, -0.2) is 38.5 Å². The highest BCUT2D eigenvalue weighted by Gasteiger charge is 2.30. The monoisotopic (exact) mass is 270 g/mol. The van der Waals surface area contributed by atoms with Crippen molar-refractivity contribution in [3.05, 3.63) is 15.8 Å². The molecule has 1 heterocycles. The standard InChI is InChI=1S/C12H22N4O3/c1-6-14(8-12(4,5)17)11-10(16(18)19)9(3)13-15(11)7-2/h17H,6-8H2,1-5H3. The molecular formula is C12H22N4O3. The molecule has 0 atom stereocenters. The van der Waals surface area contributed by atoms with E-state index < -0.39 is 10.5 Å². The number of rotatable bonds is 6. The highest BCUT2D eigenvalue weighted by atomic mass is 16.6. The van der Waals surface area contributed by atoms with Gasteiger partial charge in [0.1, 0.15) is 5.69 Å². The van der Waals surface area contributed by atoms with Crippen molar-refractivity contribution in [2.75, 3.05) is 18.0 Å². The lowest BCUT2D eigenvalue weighted by Crippen LogP contribution is -2.39. The van der Waals surface area contributed by atoms with Gasteiger partial charge >= 0.3 is 5.69 Å². The summed E-state index contributed by atoms with van der Waals surface area (Å²) in [6, 6.07) is 0. The van der Waals surface area contributed by atoms with Crippen LogP contribution in [0.2, 0.25) is 0 Å². The van der Waals surface area contributed by atoms with Gasteiger partial charge in [-0.25, -0.2) is 4.68 Å². The van der Waals surface area contributed by atoms with Crippen molar-refractivity contribution in [1.82, 2.24) is 9.78 Å². The third-order valence-corrected chi connectivity index (χ3v) is 2.81. The Hall–Kier alpha value is -1.63. The van der Waals surface area contributed by atoms with Crippen LogP contribution in [0.25, 0.3) is 0 Å². The summed E-state index contributed by atoms with van der Waals surface area (Å²) < 4.78 is 1.61. The third-order valence-electron chi connectivity index (χ3n) is 2.81. The lowest BCUT2D eigenvalue weighted by molar-refractivity contribution is -0.384. The molecule has 0 bridgehead atoms. The predicted octanol–water partition coefficient (Wildman–Crippen LogP) is 1.72. The Morgan fingerprint density at radius 2 is 2.05 bits per heavy atom. The van der Waals surface area contributed by atoms with Crippen LogP contribution in [0.15, 0.2) is 0 Å². The maximum absolute atomic E-state index is 11.2. The van der Waals surface area contributed by atoms with E-state index in [-0.39, 0.29) is 5.69 Å². The second kappa shape index (κ2) is 5.56. The van der Waals surface area contributed by atoms with Gasteiger partial charge in [0.05, 0.1) is 10.5 Å². The van der Waals surface area contributed by atoms with Gasteiger partial charge in [-0.1, -0.05) is 0 Å². The van der Waals surface area contributed by atoms with Crippen molar-refractivity contribution in [2.24, 2.45) is 0 Å². The summed E-state index contributed by atoms with van der Waals surface area (Å²) in [6.07, 6.45) is 0. The van der Waals surface area contributed by atoms with Crippen molar-refractivity contribution in [3.63, 3.8) is 0 Å². The van der Waals surface area contributed by atoms with E-state index in [1.54, 1.807) is 30.4 Å². The van der Waals surface area contributed by atoms with E-state index in [0.29, 0.717) is 31.1 Å². The summed E-state index contributed by atoms with van der Waals surface area (Å²) in [5.41, 5.74) is -0.510. The number of aryl methyl sites for hydroxylation is 2. The molecule has 0 amide bonds. The van der Waals surface area contributed by atoms with E-state index in [1.807, 2.05) is 13.8 Å². The normalized spacial score (nSPS) is 11.7. The summed E-state index contributed by atoms with van der Waals surface area (Å²) in [6.45, 7) is 10.2. The minimum absolute atomic E-state index is 0.0213. The number of hydrogen-bond acceptors (Lipinski definition) is 5. The van der Waals surface area contributed by atoms with Crippen LogP contribution in [0.1, 0.15) is 33.4 Å². The molecule has 7 heteroatoms. The number of likely N-dealkylation sites (N-methyl/N-ethyl adjacent to an activating group) is 1. The van der Waals surface area contributed by atoms with E-state index in [1.165, 1.54) is 0 Å². The summed E-state index contributed by atoms with van der Waals surface area (Å²) in [5.74, 6) is 0.467. The van der Waals surface area contributed by atoms with E-state index in [0.717, 1.165) is 0 Å². The van der Waals surface area contributed by atoms with Crippen molar-refractivity contribution in [1.29, 1.82) is 0 Å². The molecule has 0 aromatic carbocycles. The molecular weight excluding hydrogens is 248 g/mol. The average Bonchev–Trinajstić information content (AvgIpc) is 2.61. The fourth-order valence-electron chi connectivity index (χ4n) is 2.11. The van der Waals surface area contributed by atoms with E-state index in [9.17, 15) is 15.2 Å². The molecule has 0 fully saturated rings. The molecule has 0 saturated carbocycles. The van der Waals surface area contributed by atoms with Crippen molar-refractivity contribution in [2.45, 2.75) is 46.8 Å². The lowest BCUT2D eigenvalue weighted by atomic mass is 10.1. The number of anilines is 1. The molecule has 1 N–H and O–H groups in total. The second-order valence-corrected chi connectivity index (χ2v) is 5.16. The van der Waals surface area contributed by atoms with Gasteiger partial charge in [-0.2, -0.15) is 5.10 Å². The van der Waals surface area contributed by atoms with Crippen molar-refractivity contribution >= 4 is 11.5 Å². The minimum atomic E-state index is -0.930. The first-order valence-electron chi connectivity index (χ1n) is 6.40. The average molecular weight is 270 g/mol. The molecule has 1 rings (SSSR count). The minimum Gasteiger partial charge on any atom is -0.389 e. The van der Waals surface area contributed by atoms with Crippen LogP contribution in [0.4, 0.5) is 11.5 Å². The zero-order valence-electron chi connectivity index (χ0n) is 12.2. The molecule has 19 heavy (non-hydrogen) atoms. The van der Waals surface area contributed by atoms with Crippen LogP contribution in [0.5, 0.6) is 0 Å². The Morgan fingerprint density at radius 3 is 2.42 bits per heavy atom. The first kappa shape index (κ1) is 15.4. The van der Waals surface area contributed by atoms with Gasteiger partial charge in [0.15, 0.2) is 0 Å². The number of aromatic nitrogens is 2. The molecule has 1 aromatic heterocycles. The Balaban J connectivity index is 3.32. The van der Waals surface area contributed by atoms with E-state index in [2.05, 4.69) is 5.10 Å². The predicted molar refractivity (Wildman–Crippen MR) is 73.5 cm³/mol. The SMILES string of the molecule is CCN(CC(C)(C)O)c1c([N+](=O)[O-])c(C)nn1CC. The quantitative estimate of drug-likeness (QED) is 0.628. The molecule has 0 aliphatic carbocycles. The van der Waals surface area contributed by atoms with Gasteiger partial charge in [0.2, 0.25) is 5.82 Å². The highest BCUT2D eigenvalue weighted by Crippen LogP contribution is 2.32. The number of aliphatic hydroxyl groups is 1. The van der Waals surface area contributed by atoms with Crippen LogP contribution in [0.3, 0.4) is 0 Å². The number of hydrogen-bond donors (Lipinski definition) is 1. The van der Waals surface area contributed by atoms with Crippen LogP contribution in [-0.2, 0) is 6.54 Å². The molecule has 0 spiro atoms. The zero-order valence-corrected chi connectivity index (χ0v) is 12.2. The summed E-state index contributed by atoms with van der Waals surface area (Å²) in [7, 11) is 0. The fourth-order valence-corrected chi connectivity index (χ4v) is 2.11. The Bertz CT molecular complexity index is 462. The third kappa shape index (κ3) is 3.44. The fraction of sp³-hybridized carbons (Fsp3) is 0.750. The first-order chi connectivity index (χ1) is 8.71. The molecule has 0 unspecified atom stereocenters. The molecule has 0 saturated heterocycles. The largest absolute Gasteiger partial charge is 0.389 e. The van der Waals surface area contributed by atoms with Crippen molar-refractivity contribution in [3.8, 4) is 0 Å². The summed E-state index contributed by atoms with van der Waals surface area (Å²) in [5, 5.41) is 25.4. The molecule has 0 aliphatic rings. The Morgan fingerprint density at radius 1 is 1.47 bits per heavy atom. The maximum atomic E-state index is 11.2. The van der Waals surface area contributed by atoms with Crippen LogP contribution < -0.4 is 4.90 Å². The summed E-state index contributed by atoms with van der Waals surface area (Å²) >= 11 is 0. The topological polar surface area (TPSA) is 84.4 Å². The maximum Gasteiger partial charge on any atom is 0.333 e.